The van der Waals surface area contributed by atoms with Gasteiger partial charge in [-0.3, -0.25) is 9.89 Å². The highest BCUT2D eigenvalue weighted by Gasteiger charge is 2.27. The van der Waals surface area contributed by atoms with Gasteiger partial charge in [0.25, 0.3) is 5.91 Å². The van der Waals surface area contributed by atoms with Gasteiger partial charge in [0, 0.05) is 22.2 Å². The minimum Gasteiger partial charge on any atom is -0.493 e. The average Bonchev–Trinajstić information content (AvgIpc) is 3.44. The molecular weight excluding hydrogens is 392 g/mol. The van der Waals surface area contributed by atoms with Gasteiger partial charge >= 0.3 is 0 Å². The maximum atomic E-state index is 13.2. The van der Waals surface area contributed by atoms with Gasteiger partial charge in [-0.05, 0) is 49.1 Å². The number of benzene rings is 2. The van der Waals surface area contributed by atoms with E-state index in [1.807, 2.05) is 24.3 Å². The third-order valence-electron chi connectivity index (χ3n) is 5.98. The number of amides is 1. The molecule has 7 heteroatoms. The third-order valence-corrected chi connectivity index (χ3v) is 5.98. The molecule has 1 aliphatic rings. The van der Waals surface area contributed by atoms with Crippen LogP contribution in [-0.4, -0.2) is 35.3 Å². The van der Waals surface area contributed by atoms with Crippen molar-refractivity contribution in [2.24, 2.45) is 0 Å². The maximum Gasteiger partial charge on any atom is 0.255 e. The second-order valence-electron chi connectivity index (χ2n) is 7.71. The SMILES string of the molecule is COc1ccc(-c2[nH]ncc2C(=O)N[C@H]2CCCc3c2[nH]c2ccccc32)cc1OC. The Bertz CT molecular complexity index is 1260. The largest absolute Gasteiger partial charge is 0.493 e. The molecule has 5 rings (SSSR count). The van der Waals surface area contributed by atoms with Crippen LogP contribution in [0, 0.1) is 0 Å². The first-order valence-corrected chi connectivity index (χ1v) is 10.4. The number of aromatic nitrogens is 3. The molecular formula is C24H24N4O3. The lowest BCUT2D eigenvalue weighted by molar-refractivity contribution is 0.0932. The van der Waals surface area contributed by atoms with Gasteiger partial charge in [0.1, 0.15) is 0 Å². The minimum atomic E-state index is -0.157. The Morgan fingerprint density at radius 1 is 1.13 bits per heavy atom. The first-order chi connectivity index (χ1) is 15.2. The zero-order chi connectivity index (χ0) is 21.4. The van der Waals surface area contributed by atoms with Crippen molar-refractivity contribution < 1.29 is 14.3 Å². The molecule has 0 spiro atoms. The summed E-state index contributed by atoms with van der Waals surface area (Å²) in [7, 11) is 3.18. The predicted molar refractivity (Wildman–Crippen MR) is 119 cm³/mol. The molecule has 0 saturated heterocycles. The first-order valence-electron chi connectivity index (χ1n) is 10.4. The second-order valence-corrected chi connectivity index (χ2v) is 7.71. The minimum absolute atomic E-state index is 0.0585. The number of aryl methyl sites for hydroxylation is 1. The van der Waals surface area contributed by atoms with Crippen molar-refractivity contribution in [1.82, 2.24) is 20.5 Å². The summed E-state index contributed by atoms with van der Waals surface area (Å²) in [5.74, 6) is 1.07. The van der Waals surface area contributed by atoms with Crippen LogP contribution in [-0.2, 0) is 6.42 Å². The summed E-state index contributed by atoms with van der Waals surface area (Å²) in [6.07, 6.45) is 4.52. The second kappa shape index (κ2) is 7.83. The Morgan fingerprint density at radius 2 is 1.97 bits per heavy atom. The van der Waals surface area contributed by atoms with Gasteiger partial charge in [-0.2, -0.15) is 5.10 Å². The number of H-pyrrole nitrogens is 2. The van der Waals surface area contributed by atoms with E-state index in [-0.39, 0.29) is 11.9 Å². The molecule has 3 N–H and O–H groups in total. The van der Waals surface area contributed by atoms with Crippen molar-refractivity contribution >= 4 is 16.8 Å². The number of aromatic amines is 2. The summed E-state index contributed by atoms with van der Waals surface area (Å²) < 4.78 is 10.7. The lowest BCUT2D eigenvalue weighted by atomic mass is 9.91. The van der Waals surface area contributed by atoms with Crippen LogP contribution >= 0.6 is 0 Å². The van der Waals surface area contributed by atoms with Crippen LogP contribution < -0.4 is 14.8 Å². The number of nitrogens with zero attached hydrogens (tertiary/aromatic N) is 1. The molecule has 0 saturated carbocycles. The van der Waals surface area contributed by atoms with Crippen LogP contribution in [0.25, 0.3) is 22.2 Å². The molecule has 1 amide bonds. The van der Waals surface area contributed by atoms with E-state index in [4.69, 9.17) is 9.47 Å². The predicted octanol–water partition coefficient (Wildman–Crippen LogP) is 4.38. The fraction of sp³-hybridized carbons (Fsp3) is 0.250. The lowest BCUT2D eigenvalue weighted by Gasteiger charge is -2.24. The molecule has 158 valence electrons. The highest BCUT2D eigenvalue weighted by atomic mass is 16.5. The van der Waals surface area contributed by atoms with Crippen molar-refractivity contribution in [1.29, 1.82) is 0 Å². The Morgan fingerprint density at radius 3 is 2.81 bits per heavy atom. The van der Waals surface area contributed by atoms with E-state index in [9.17, 15) is 4.79 Å². The van der Waals surface area contributed by atoms with Crippen molar-refractivity contribution in [3.05, 3.63) is 65.5 Å². The fourth-order valence-corrected chi connectivity index (χ4v) is 4.47. The Hall–Kier alpha value is -3.74. The third kappa shape index (κ3) is 3.32. The first kappa shape index (κ1) is 19.2. The van der Waals surface area contributed by atoms with Gasteiger partial charge in [0.2, 0.25) is 0 Å². The van der Waals surface area contributed by atoms with E-state index in [0.29, 0.717) is 22.8 Å². The number of nitrogens with one attached hydrogen (secondary N) is 3. The molecule has 0 bridgehead atoms. The number of fused-ring (bicyclic) bond motifs is 3. The summed E-state index contributed by atoms with van der Waals surface area (Å²) in [6, 6.07) is 13.8. The van der Waals surface area contributed by atoms with Crippen LogP contribution in [0.15, 0.2) is 48.7 Å². The Kier molecular flexibility index (Phi) is 4.86. The number of para-hydroxylation sites is 1. The molecule has 2 aromatic heterocycles. The number of methoxy groups -OCH3 is 2. The molecule has 2 aromatic carbocycles. The van der Waals surface area contributed by atoms with Gasteiger partial charge in [-0.25, -0.2) is 0 Å². The quantitative estimate of drug-likeness (QED) is 0.450. The van der Waals surface area contributed by atoms with Crippen LogP contribution in [0.5, 0.6) is 11.5 Å². The molecule has 0 radical (unpaired) electrons. The zero-order valence-electron chi connectivity index (χ0n) is 17.5. The number of rotatable bonds is 5. The van der Waals surface area contributed by atoms with Gasteiger partial charge in [0.05, 0.1) is 37.7 Å². The molecule has 2 heterocycles. The molecule has 0 aliphatic heterocycles. The fourth-order valence-electron chi connectivity index (χ4n) is 4.47. The van der Waals surface area contributed by atoms with Crippen LogP contribution in [0.1, 0.15) is 40.5 Å². The van der Waals surface area contributed by atoms with E-state index in [0.717, 1.165) is 36.0 Å². The van der Waals surface area contributed by atoms with Crippen LogP contribution in [0.2, 0.25) is 0 Å². The molecule has 0 fully saturated rings. The van der Waals surface area contributed by atoms with Crippen molar-refractivity contribution in [3.8, 4) is 22.8 Å². The number of hydrogen-bond acceptors (Lipinski definition) is 4. The standard InChI is InChI=1S/C24H24N4O3/c1-30-20-11-10-14(12-21(20)31-2)22-17(13-25-28-22)24(29)27-19-9-5-7-16-15-6-3-4-8-18(15)26-23(16)19/h3-4,6,8,10-13,19,26H,5,7,9H2,1-2H3,(H,25,28)(H,27,29)/t19-/m0/s1. The van der Waals surface area contributed by atoms with E-state index in [2.05, 4.69) is 38.7 Å². The molecule has 1 aliphatic carbocycles. The number of carbonyl (C=O) groups is 1. The number of carbonyl (C=O) groups excluding carboxylic acids is 1. The van der Waals surface area contributed by atoms with E-state index >= 15 is 0 Å². The van der Waals surface area contributed by atoms with Crippen molar-refractivity contribution in [3.63, 3.8) is 0 Å². The summed E-state index contributed by atoms with van der Waals surface area (Å²) >= 11 is 0. The number of hydrogen-bond donors (Lipinski definition) is 3. The summed E-state index contributed by atoms with van der Waals surface area (Å²) in [5.41, 5.74) is 5.47. The van der Waals surface area contributed by atoms with Gasteiger partial charge < -0.3 is 19.8 Å². The molecule has 1 atom stereocenters. The zero-order valence-corrected chi connectivity index (χ0v) is 17.5. The molecule has 31 heavy (non-hydrogen) atoms. The van der Waals surface area contributed by atoms with E-state index in [1.54, 1.807) is 20.4 Å². The maximum absolute atomic E-state index is 13.2. The summed E-state index contributed by atoms with van der Waals surface area (Å²) in [4.78, 5) is 16.8. The lowest BCUT2D eigenvalue weighted by Crippen LogP contribution is -2.31. The number of ether oxygens (including phenoxy) is 2. The Balaban J connectivity index is 1.44. The topological polar surface area (TPSA) is 92.0 Å². The van der Waals surface area contributed by atoms with Gasteiger partial charge in [-0.1, -0.05) is 18.2 Å². The highest BCUT2D eigenvalue weighted by molar-refractivity contribution is 6.00. The molecule has 7 nitrogen and oxygen atoms in total. The van der Waals surface area contributed by atoms with E-state index < -0.39 is 0 Å². The van der Waals surface area contributed by atoms with Crippen LogP contribution in [0.4, 0.5) is 0 Å². The highest BCUT2D eigenvalue weighted by Crippen LogP contribution is 2.36. The summed E-state index contributed by atoms with van der Waals surface area (Å²) in [5, 5.41) is 11.5. The van der Waals surface area contributed by atoms with Crippen LogP contribution in [0.3, 0.4) is 0 Å². The smallest absolute Gasteiger partial charge is 0.255 e. The Labute approximate surface area is 179 Å². The van der Waals surface area contributed by atoms with Gasteiger partial charge in [0.15, 0.2) is 11.5 Å². The molecule has 0 unspecified atom stereocenters. The normalized spacial score (nSPS) is 15.5. The van der Waals surface area contributed by atoms with Crippen molar-refractivity contribution in [2.45, 2.75) is 25.3 Å². The van der Waals surface area contributed by atoms with Gasteiger partial charge in [-0.15, -0.1) is 0 Å². The average molecular weight is 416 g/mol. The van der Waals surface area contributed by atoms with Crippen molar-refractivity contribution in [2.75, 3.05) is 14.2 Å². The monoisotopic (exact) mass is 416 g/mol. The molecule has 4 aromatic rings. The van der Waals surface area contributed by atoms with E-state index in [1.165, 1.54) is 10.9 Å². The summed E-state index contributed by atoms with van der Waals surface area (Å²) in [6.45, 7) is 0.